The quantitative estimate of drug-likeness (QED) is 0.207. The molecule has 6 nitrogen and oxygen atoms in total. The molecule has 2 N–H and O–H groups in total. The van der Waals surface area contributed by atoms with Gasteiger partial charge >= 0.3 is 5.97 Å². The van der Waals surface area contributed by atoms with E-state index in [1.807, 2.05) is 0 Å². The largest absolute Gasteiger partial charge is 0.469 e. The molecule has 1 aliphatic rings. The van der Waals surface area contributed by atoms with Crippen LogP contribution in [0.2, 0.25) is 0 Å². The van der Waals surface area contributed by atoms with E-state index < -0.39 is 0 Å². The van der Waals surface area contributed by atoms with Gasteiger partial charge in [0.1, 0.15) is 0 Å². The Morgan fingerprint density at radius 3 is 2.76 bits per heavy atom. The maximum Gasteiger partial charge on any atom is 0.305 e. The molecule has 1 fully saturated rings. The van der Waals surface area contributed by atoms with E-state index in [0.29, 0.717) is 12.5 Å². The summed E-state index contributed by atoms with van der Waals surface area (Å²) < 4.78 is 4.64. The number of unbranched alkanes of at least 4 members (excludes halogenated alkanes) is 1. The number of thiophene rings is 1. The number of methoxy groups -OCH3 is 1. The number of halogens is 1. The molecule has 1 aromatic heterocycles. The molecular weight excluding hydrogens is 451 g/mol. The van der Waals surface area contributed by atoms with E-state index in [4.69, 9.17) is 0 Å². The summed E-state index contributed by atoms with van der Waals surface area (Å²) in [5.41, 5.74) is 0. The van der Waals surface area contributed by atoms with Gasteiger partial charge in [0.15, 0.2) is 5.96 Å². The maximum absolute atomic E-state index is 11.1. The van der Waals surface area contributed by atoms with Crippen molar-refractivity contribution in [3.63, 3.8) is 0 Å². The van der Waals surface area contributed by atoms with Gasteiger partial charge in [0.25, 0.3) is 0 Å². The normalized spacial score (nSPS) is 15.4. The third-order valence-electron chi connectivity index (χ3n) is 4.21. The monoisotopic (exact) mass is 480 g/mol. The zero-order valence-electron chi connectivity index (χ0n) is 15.0. The second-order valence-corrected chi connectivity index (χ2v) is 6.82. The first-order valence-corrected chi connectivity index (χ1v) is 9.43. The fourth-order valence-electron chi connectivity index (χ4n) is 2.79. The summed E-state index contributed by atoms with van der Waals surface area (Å²) in [5.74, 6) is 0.706. The van der Waals surface area contributed by atoms with Crippen LogP contribution in [-0.4, -0.2) is 51.8 Å². The molecule has 0 saturated carbocycles. The highest BCUT2D eigenvalue weighted by molar-refractivity contribution is 14.0. The molecule has 25 heavy (non-hydrogen) atoms. The SMILES string of the molecule is CN=C(NCCCCC(=O)OC)NC1CCN(c2cccs2)CC1.I. The molecule has 0 aromatic carbocycles. The molecule has 0 unspecified atom stereocenters. The van der Waals surface area contributed by atoms with Crippen LogP contribution in [0, 0.1) is 0 Å². The van der Waals surface area contributed by atoms with Crippen LogP contribution >= 0.6 is 35.3 Å². The van der Waals surface area contributed by atoms with Crippen molar-refractivity contribution in [3.05, 3.63) is 17.5 Å². The van der Waals surface area contributed by atoms with Crippen molar-refractivity contribution in [3.8, 4) is 0 Å². The van der Waals surface area contributed by atoms with Crippen LogP contribution in [0.5, 0.6) is 0 Å². The van der Waals surface area contributed by atoms with E-state index in [2.05, 4.69) is 42.8 Å². The lowest BCUT2D eigenvalue weighted by atomic mass is 10.1. The van der Waals surface area contributed by atoms with E-state index in [-0.39, 0.29) is 29.9 Å². The summed E-state index contributed by atoms with van der Waals surface area (Å²) in [5, 5.41) is 10.3. The highest BCUT2D eigenvalue weighted by atomic mass is 127. The Morgan fingerprint density at radius 2 is 2.16 bits per heavy atom. The second kappa shape index (κ2) is 12.3. The zero-order chi connectivity index (χ0) is 17.2. The molecule has 0 bridgehead atoms. The number of anilines is 1. The highest BCUT2D eigenvalue weighted by Gasteiger charge is 2.20. The Kier molecular flexibility index (Phi) is 10.9. The number of ether oxygens (including phenoxy) is 1. The van der Waals surface area contributed by atoms with E-state index in [1.54, 1.807) is 18.4 Å². The van der Waals surface area contributed by atoms with Gasteiger partial charge in [-0.3, -0.25) is 9.79 Å². The molecule has 0 aliphatic carbocycles. The summed E-state index contributed by atoms with van der Waals surface area (Å²) in [7, 11) is 3.22. The number of aliphatic imine (C=N–C) groups is 1. The van der Waals surface area contributed by atoms with Gasteiger partial charge in [-0.05, 0) is 43.2 Å². The summed E-state index contributed by atoms with van der Waals surface area (Å²) in [6.07, 6.45) is 4.45. The fourth-order valence-corrected chi connectivity index (χ4v) is 3.57. The van der Waals surface area contributed by atoms with Gasteiger partial charge in [-0.25, -0.2) is 0 Å². The zero-order valence-corrected chi connectivity index (χ0v) is 18.1. The van der Waals surface area contributed by atoms with Crippen LogP contribution in [0.1, 0.15) is 32.1 Å². The van der Waals surface area contributed by atoms with Crippen LogP contribution in [-0.2, 0) is 9.53 Å². The predicted molar refractivity (Wildman–Crippen MR) is 115 cm³/mol. The Hall–Kier alpha value is -1.03. The molecule has 2 heterocycles. The standard InChI is InChI=1S/C17H28N4O2S.HI/c1-18-17(19-10-4-3-7-16(22)23-2)20-14-8-11-21(12-9-14)15-6-5-13-24-15;/h5-6,13-14H,3-4,7-12H2,1-2H3,(H2,18,19,20);1H. The fraction of sp³-hybridized carbons (Fsp3) is 0.647. The molecule has 0 amide bonds. The van der Waals surface area contributed by atoms with E-state index >= 15 is 0 Å². The number of carbonyl (C=O) groups is 1. The van der Waals surface area contributed by atoms with Gasteiger partial charge in [0.2, 0.25) is 0 Å². The van der Waals surface area contributed by atoms with Crippen molar-refractivity contribution in [2.75, 3.05) is 38.7 Å². The van der Waals surface area contributed by atoms with Crippen molar-refractivity contribution in [1.82, 2.24) is 10.6 Å². The van der Waals surface area contributed by atoms with Crippen LogP contribution in [0.25, 0.3) is 0 Å². The summed E-state index contributed by atoms with van der Waals surface area (Å²) in [6, 6.07) is 4.76. The van der Waals surface area contributed by atoms with Crippen molar-refractivity contribution in [2.45, 2.75) is 38.1 Å². The first kappa shape index (κ1) is 22.0. The Bertz CT molecular complexity index is 517. The Morgan fingerprint density at radius 1 is 1.40 bits per heavy atom. The van der Waals surface area contributed by atoms with Crippen molar-refractivity contribution < 1.29 is 9.53 Å². The minimum Gasteiger partial charge on any atom is -0.469 e. The number of hydrogen-bond acceptors (Lipinski definition) is 5. The number of rotatable bonds is 7. The molecule has 0 atom stereocenters. The lowest BCUT2D eigenvalue weighted by Crippen LogP contribution is -2.48. The van der Waals surface area contributed by atoms with Crippen LogP contribution in [0.4, 0.5) is 5.00 Å². The van der Waals surface area contributed by atoms with Crippen LogP contribution in [0.15, 0.2) is 22.5 Å². The van der Waals surface area contributed by atoms with Gasteiger partial charge in [-0.2, -0.15) is 0 Å². The third kappa shape index (κ3) is 7.81. The molecule has 0 radical (unpaired) electrons. The van der Waals surface area contributed by atoms with Crippen molar-refractivity contribution in [2.24, 2.45) is 4.99 Å². The van der Waals surface area contributed by atoms with E-state index in [0.717, 1.165) is 51.3 Å². The van der Waals surface area contributed by atoms with Gasteiger partial charge in [-0.15, -0.1) is 35.3 Å². The van der Waals surface area contributed by atoms with Gasteiger partial charge in [-0.1, -0.05) is 0 Å². The molecule has 1 saturated heterocycles. The number of hydrogen-bond donors (Lipinski definition) is 2. The average molecular weight is 480 g/mol. The molecule has 0 spiro atoms. The molecule has 8 heteroatoms. The lowest BCUT2D eigenvalue weighted by molar-refractivity contribution is -0.140. The summed E-state index contributed by atoms with van der Waals surface area (Å²) in [4.78, 5) is 17.8. The Labute approximate surface area is 171 Å². The van der Waals surface area contributed by atoms with E-state index in [1.165, 1.54) is 12.1 Å². The number of carbonyl (C=O) groups excluding carboxylic acids is 1. The lowest BCUT2D eigenvalue weighted by Gasteiger charge is -2.33. The molecule has 1 aromatic rings. The predicted octanol–water partition coefficient (Wildman–Crippen LogP) is 2.84. The van der Waals surface area contributed by atoms with E-state index in [9.17, 15) is 4.79 Å². The number of piperidine rings is 1. The van der Waals surface area contributed by atoms with Crippen LogP contribution in [0.3, 0.4) is 0 Å². The Balaban J connectivity index is 0.00000312. The minimum atomic E-state index is -0.144. The maximum atomic E-state index is 11.1. The smallest absolute Gasteiger partial charge is 0.305 e. The second-order valence-electron chi connectivity index (χ2n) is 5.89. The number of esters is 1. The van der Waals surface area contributed by atoms with Gasteiger partial charge in [0.05, 0.1) is 12.1 Å². The number of guanidine groups is 1. The van der Waals surface area contributed by atoms with Crippen molar-refractivity contribution >= 4 is 52.2 Å². The molecule has 2 rings (SSSR count). The van der Waals surface area contributed by atoms with Crippen molar-refractivity contribution in [1.29, 1.82) is 0 Å². The first-order valence-electron chi connectivity index (χ1n) is 8.55. The number of nitrogens with zero attached hydrogens (tertiary/aromatic N) is 2. The molecule has 1 aliphatic heterocycles. The first-order chi connectivity index (χ1) is 11.7. The third-order valence-corrected chi connectivity index (χ3v) is 5.13. The average Bonchev–Trinajstić information content (AvgIpc) is 3.15. The summed E-state index contributed by atoms with van der Waals surface area (Å²) in [6.45, 7) is 2.97. The van der Waals surface area contributed by atoms with Gasteiger partial charge in [0, 0.05) is 39.1 Å². The number of nitrogens with one attached hydrogen (secondary N) is 2. The molecule has 142 valence electrons. The highest BCUT2D eigenvalue weighted by Crippen LogP contribution is 2.24. The summed E-state index contributed by atoms with van der Waals surface area (Å²) >= 11 is 1.80. The van der Waals surface area contributed by atoms with Crippen LogP contribution < -0.4 is 15.5 Å². The minimum absolute atomic E-state index is 0. The topological polar surface area (TPSA) is 66.0 Å². The molecular formula is C17H29IN4O2S. The van der Waals surface area contributed by atoms with Gasteiger partial charge < -0.3 is 20.3 Å².